The monoisotopic (exact) mass is 252 g/mol. The van der Waals surface area contributed by atoms with E-state index in [4.69, 9.17) is 10.5 Å². The van der Waals surface area contributed by atoms with Crippen LogP contribution >= 0.6 is 0 Å². The van der Waals surface area contributed by atoms with Gasteiger partial charge in [0, 0.05) is 12.6 Å². The van der Waals surface area contributed by atoms with Gasteiger partial charge in [-0.15, -0.1) is 0 Å². The topological polar surface area (TPSA) is 38.5 Å². The van der Waals surface area contributed by atoms with Crippen LogP contribution in [0, 0.1) is 5.82 Å². The van der Waals surface area contributed by atoms with E-state index in [1.165, 1.54) is 6.07 Å². The molecule has 1 fully saturated rings. The number of hydrogen-bond acceptors (Lipinski definition) is 3. The van der Waals surface area contributed by atoms with E-state index in [1.807, 2.05) is 13.0 Å². The molecular weight excluding hydrogens is 231 g/mol. The molecule has 100 valence electrons. The van der Waals surface area contributed by atoms with Gasteiger partial charge >= 0.3 is 0 Å². The number of benzene rings is 1. The van der Waals surface area contributed by atoms with Gasteiger partial charge in [-0.05, 0) is 25.0 Å². The first-order valence-corrected chi connectivity index (χ1v) is 6.53. The SMILES string of the molecule is CCC1COCCN1c1c(F)cccc1[C@H](C)N. The van der Waals surface area contributed by atoms with E-state index in [2.05, 4.69) is 11.8 Å². The first kappa shape index (κ1) is 13.3. The Bertz CT molecular complexity index is 409. The summed E-state index contributed by atoms with van der Waals surface area (Å²) < 4.78 is 19.6. The fourth-order valence-corrected chi connectivity index (χ4v) is 2.49. The molecule has 1 unspecified atom stereocenters. The number of rotatable bonds is 3. The summed E-state index contributed by atoms with van der Waals surface area (Å²) in [5.41, 5.74) is 7.48. The minimum absolute atomic E-state index is 0.170. The average molecular weight is 252 g/mol. The Labute approximate surface area is 108 Å². The van der Waals surface area contributed by atoms with Crippen LogP contribution in [-0.2, 0) is 4.74 Å². The molecule has 0 aliphatic carbocycles. The summed E-state index contributed by atoms with van der Waals surface area (Å²) in [4.78, 5) is 2.11. The van der Waals surface area contributed by atoms with E-state index in [0.717, 1.165) is 18.5 Å². The molecule has 1 heterocycles. The van der Waals surface area contributed by atoms with Crippen LogP contribution in [0.15, 0.2) is 18.2 Å². The summed E-state index contributed by atoms with van der Waals surface area (Å²) >= 11 is 0. The molecule has 3 nitrogen and oxygen atoms in total. The zero-order valence-electron chi connectivity index (χ0n) is 11.0. The number of anilines is 1. The second kappa shape index (κ2) is 5.67. The smallest absolute Gasteiger partial charge is 0.146 e. The molecule has 0 amide bonds. The predicted octanol–water partition coefficient (Wildman–Crippen LogP) is 2.46. The van der Waals surface area contributed by atoms with E-state index >= 15 is 0 Å². The van der Waals surface area contributed by atoms with E-state index in [0.29, 0.717) is 18.9 Å². The van der Waals surface area contributed by atoms with Crippen LogP contribution in [0.4, 0.5) is 10.1 Å². The zero-order chi connectivity index (χ0) is 13.1. The minimum atomic E-state index is -0.190. The Morgan fingerprint density at radius 2 is 2.33 bits per heavy atom. The third-order valence-corrected chi connectivity index (χ3v) is 3.49. The van der Waals surface area contributed by atoms with Crippen molar-refractivity contribution in [3.05, 3.63) is 29.6 Å². The molecule has 0 saturated carbocycles. The summed E-state index contributed by atoms with van der Waals surface area (Å²) in [6.45, 7) is 6.00. The summed E-state index contributed by atoms with van der Waals surface area (Å²) in [6.07, 6.45) is 0.937. The number of nitrogens with two attached hydrogens (primary N) is 1. The molecule has 1 aliphatic heterocycles. The van der Waals surface area contributed by atoms with Gasteiger partial charge < -0.3 is 15.4 Å². The van der Waals surface area contributed by atoms with Crippen LogP contribution in [0.25, 0.3) is 0 Å². The minimum Gasteiger partial charge on any atom is -0.377 e. The van der Waals surface area contributed by atoms with Gasteiger partial charge in [0.05, 0.1) is 24.9 Å². The van der Waals surface area contributed by atoms with Crippen molar-refractivity contribution in [2.45, 2.75) is 32.4 Å². The lowest BCUT2D eigenvalue weighted by Crippen LogP contribution is -2.46. The van der Waals surface area contributed by atoms with E-state index in [9.17, 15) is 4.39 Å². The fraction of sp³-hybridized carbons (Fsp3) is 0.571. The van der Waals surface area contributed by atoms with E-state index in [1.54, 1.807) is 6.07 Å². The molecule has 0 bridgehead atoms. The van der Waals surface area contributed by atoms with Crippen molar-refractivity contribution in [3.63, 3.8) is 0 Å². The summed E-state index contributed by atoms with van der Waals surface area (Å²) in [6, 6.07) is 5.19. The quantitative estimate of drug-likeness (QED) is 0.898. The summed E-state index contributed by atoms with van der Waals surface area (Å²) in [5, 5.41) is 0. The molecule has 0 aromatic heterocycles. The molecular formula is C14H21FN2O. The van der Waals surface area contributed by atoms with Crippen molar-refractivity contribution in [2.75, 3.05) is 24.7 Å². The Morgan fingerprint density at radius 3 is 3.00 bits per heavy atom. The second-order valence-corrected chi connectivity index (χ2v) is 4.80. The van der Waals surface area contributed by atoms with Gasteiger partial charge in [-0.2, -0.15) is 0 Å². The van der Waals surface area contributed by atoms with Gasteiger partial charge in [-0.3, -0.25) is 0 Å². The van der Waals surface area contributed by atoms with Crippen molar-refractivity contribution >= 4 is 5.69 Å². The van der Waals surface area contributed by atoms with Crippen LogP contribution < -0.4 is 10.6 Å². The molecule has 18 heavy (non-hydrogen) atoms. The number of halogens is 1. The maximum absolute atomic E-state index is 14.2. The number of para-hydroxylation sites is 1. The van der Waals surface area contributed by atoms with Crippen molar-refractivity contribution in [2.24, 2.45) is 5.73 Å². The molecule has 4 heteroatoms. The van der Waals surface area contributed by atoms with Crippen LogP contribution in [0.1, 0.15) is 31.9 Å². The lowest BCUT2D eigenvalue weighted by atomic mass is 10.0. The largest absolute Gasteiger partial charge is 0.377 e. The van der Waals surface area contributed by atoms with Gasteiger partial charge in [0.25, 0.3) is 0 Å². The second-order valence-electron chi connectivity index (χ2n) is 4.80. The molecule has 0 radical (unpaired) electrons. The Balaban J connectivity index is 2.41. The molecule has 2 rings (SSSR count). The average Bonchev–Trinajstić information content (AvgIpc) is 2.38. The van der Waals surface area contributed by atoms with Gasteiger partial charge in [0.2, 0.25) is 0 Å². The summed E-state index contributed by atoms with van der Waals surface area (Å²) in [7, 11) is 0. The summed E-state index contributed by atoms with van der Waals surface area (Å²) in [5.74, 6) is -0.190. The molecule has 0 spiro atoms. The van der Waals surface area contributed by atoms with Gasteiger partial charge in [0.15, 0.2) is 0 Å². The first-order valence-electron chi connectivity index (χ1n) is 6.53. The highest BCUT2D eigenvalue weighted by molar-refractivity contribution is 5.57. The fourth-order valence-electron chi connectivity index (χ4n) is 2.49. The van der Waals surface area contributed by atoms with Crippen molar-refractivity contribution in [3.8, 4) is 0 Å². The molecule has 2 N–H and O–H groups in total. The van der Waals surface area contributed by atoms with Crippen LogP contribution in [-0.4, -0.2) is 25.8 Å². The molecule has 1 saturated heterocycles. The van der Waals surface area contributed by atoms with Crippen molar-refractivity contribution < 1.29 is 9.13 Å². The van der Waals surface area contributed by atoms with Crippen LogP contribution in [0.3, 0.4) is 0 Å². The molecule has 1 aromatic rings. The van der Waals surface area contributed by atoms with Crippen LogP contribution in [0.2, 0.25) is 0 Å². The standard InChI is InChI=1S/C14H21FN2O/c1-3-11-9-18-8-7-17(11)14-12(10(2)16)5-4-6-13(14)15/h4-6,10-11H,3,7-9,16H2,1-2H3/t10-,11?/m0/s1. The third-order valence-electron chi connectivity index (χ3n) is 3.49. The molecule has 1 aromatic carbocycles. The lowest BCUT2D eigenvalue weighted by Gasteiger charge is -2.38. The van der Waals surface area contributed by atoms with Gasteiger partial charge in [-0.1, -0.05) is 19.1 Å². The zero-order valence-corrected chi connectivity index (χ0v) is 11.0. The molecule has 1 aliphatic rings. The highest BCUT2D eigenvalue weighted by Gasteiger charge is 2.26. The number of morpholine rings is 1. The van der Waals surface area contributed by atoms with Crippen LogP contribution in [0.5, 0.6) is 0 Å². The maximum Gasteiger partial charge on any atom is 0.146 e. The predicted molar refractivity (Wildman–Crippen MR) is 71.2 cm³/mol. The number of nitrogens with zero attached hydrogens (tertiary/aromatic N) is 1. The normalized spacial score (nSPS) is 22.0. The van der Waals surface area contributed by atoms with Gasteiger partial charge in [-0.25, -0.2) is 4.39 Å². The highest BCUT2D eigenvalue weighted by Crippen LogP contribution is 2.31. The van der Waals surface area contributed by atoms with E-state index in [-0.39, 0.29) is 17.9 Å². The highest BCUT2D eigenvalue weighted by atomic mass is 19.1. The van der Waals surface area contributed by atoms with E-state index < -0.39 is 0 Å². The first-order chi connectivity index (χ1) is 8.65. The van der Waals surface area contributed by atoms with Crippen molar-refractivity contribution in [1.82, 2.24) is 0 Å². The molecule has 2 atom stereocenters. The van der Waals surface area contributed by atoms with Gasteiger partial charge in [0.1, 0.15) is 5.82 Å². The Hall–Kier alpha value is -1.13. The lowest BCUT2D eigenvalue weighted by molar-refractivity contribution is 0.0925. The Kier molecular flexibility index (Phi) is 4.19. The number of hydrogen-bond donors (Lipinski definition) is 1. The van der Waals surface area contributed by atoms with Crippen molar-refractivity contribution in [1.29, 1.82) is 0 Å². The Morgan fingerprint density at radius 1 is 1.56 bits per heavy atom. The number of ether oxygens (including phenoxy) is 1. The maximum atomic E-state index is 14.2. The third kappa shape index (κ3) is 2.49.